The Bertz CT molecular complexity index is 531. The number of pyridine rings is 1. The Kier molecular flexibility index (Phi) is 3.06. The second kappa shape index (κ2) is 4.86. The van der Waals surface area contributed by atoms with E-state index in [1.807, 2.05) is 13.0 Å². The van der Waals surface area contributed by atoms with Gasteiger partial charge in [0.15, 0.2) is 0 Å². The molecular formula is C13H16N4O. The number of hydrogen-bond donors (Lipinski definition) is 1. The first-order valence-electron chi connectivity index (χ1n) is 6.30. The normalized spacial score (nSPS) is 19.3. The molecule has 0 amide bonds. The van der Waals surface area contributed by atoms with E-state index in [0.29, 0.717) is 17.8 Å². The van der Waals surface area contributed by atoms with Crippen LogP contribution in [0.2, 0.25) is 0 Å². The van der Waals surface area contributed by atoms with E-state index in [4.69, 9.17) is 4.52 Å². The molecule has 18 heavy (non-hydrogen) atoms. The van der Waals surface area contributed by atoms with E-state index in [-0.39, 0.29) is 0 Å². The number of aromatic nitrogens is 3. The van der Waals surface area contributed by atoms with Gasteiger partial charge in [-0.25, -0.2) is 0 Å². The zero-order valence-corrected chi connectivity index (χ0v) is 10.4. The molecule has 3 heterocycles. The molecule has 1 atom stereocenters. The van der Waals surface area contributed by atoms with Crippen molar-refractivity contribution in [1.82, 2.24) is 20.4 Å². The Morgan fingerprint density at radius 1 is 1.50 bits per heavy atom. The van der Waals surface area contributed by atoms with E-state index in [2.05, 4.69) is 20.4 Å². The summed E-state index contributed by atoms with van der Waals surface area (Å²) in [7, 11) is 0. The maximum absolute atomic E-state index is 5.31. The molecule has 0 saturated carbocycles. The van der Waals surface area contributed by atoms with E-state index < -0.39 is 0 Å². The lowest BCUT2D eigenvalue weighted by molar-refractivity contribution is 0.364. The molecule has 5 heteroatoms. The molecule has 1 fully saturated rings. The molecule has 0 radical (unpaired) electrons. The van der Waals surface area contributed by atoms with Gasteiger partial charge in [0.2, 0.25) is 11.7 Å². The van der Waals surface area contributed by atoms with Gasteiger partial charge in [-0.1, -0.05) is 5.16 Å². The summed E-state index contributed by atoms with van der Waals surface area (Å²) in [5.41, 5.74) is 2.04. The van der Waals surface area contributed by atoms with Crippen molar-refractivity contribution in [2.75, 3.05) is 6.54 Å². The van der Waals surface area contributed by atoms with Gasteiger partial charge in [0.1, 0.15) is 0 Å². The Labute approximate surface area is 106 Å². The van der Waals surface area contributed by atoms with Crippen LogP contribution in [0.15, 0.2) is 23.0 Å². The van der Waals surface area contributed by atoms with Crippen LogP contribution in [0.5, 0.6) is 0 Å². The van der Waals surface area contributed by atoms with Crippen molar-refractivity contribution in [3.8, 4) is 11.4 Å². The minimum absolute atomic E-state index is 0.480. The number of nitrogens with one attached hydrogen (secondary N) is 1. The largest absolute Gasteiger partial charge is 0.339 e. The number of hydrogen-bond acceptors (Lipinski definition) is 5. The predicted octanol–water partition coefficient (Wildman–Crippen LogP) is 1.73. The molecule has 3 rings (SSSR count). The van der Waals surface area contributed by atoms with Crippen molar-refractivity contribution in [2.45, 2.75) is 32.2 Å². The van der Waals surface area contributed by atoms with Crippen LogP contribution >= 0.6 is 0 Å². The van der Waals surface area contributed by atoms with Gasteiger partial charge in [-0.3, -0.25) is 4.98 Å². The lowest BCUT2D eigenvalue weighted by Crippen LogP contribution is -2.23. The standard InChI is InChI=1S/C13H16N4O/c1-9-4-6-14-8-11(9)13-16-12(18-17-13)7-10-3-2-5-15-10/h4,6,8,10,15H,2-3,5,7H2,1H3. The third-order valence-electron chi connectivity index (χ3n) is 3.33. The molecule has 1 N–H and O–H groups in total. The molecule has 1 saturated heterocycles. The summed E-state index contributed by atoms with van der Waals surface area (Å²) in [6.07, 6.45) is 6.77. The van der Waals surface area contributed by atoms with Gasteiger partial charge in [0.25, 0.3) is 0 Å². The highest BCUT2D eigenvalue weighted by molar-refractivity contribution is 5.57. The van der Waals surface area contributed by atoms with Crippen LogP contribution in [-0.4, -0.2) is 27.7 Å². The summed E-state index contributed by atoms with van der Waals surface area (Å²) in [6.45, 7) is 3.11. The molecule has 0 bridgehead atoms. The number of nitrogens with zero attached hydrogens (tertiary/aromatic N) is 3. The third kappa shape index (κ3) is 2.26. The highest BCUT2D eigenvalue weighted by Gasteiger charge is 2.18. The fraction of sp³-hybridized carbons (Fsp3) is 0.462. The molecule has 0 aromatic carbocycles. The highest BCUT2D eigenvalue weighted by atomic mass is 16.5. The van der Waals surface area contributed by atoms with E-state index in [9.17, 15) is 0 Å². The second-order valence-electron chi connectivity index (χ2n) is 4.70. The maximum Gasteiger partial charge on any atom is 0.228 e. The molecule has 5 nitrogen and oxygen atoms in total. The summed E-state index contributed by atoms with van der Waals surface area (Å²) < 4.78 is 5.31. The molecule has 0 spiro atoms. The summed E-state index contributed by atoms with van der Waals surface area (Å²) in [5, 5.41) is 7.46. The quantitative estimate of drug-likeness (QED) is 0.890. The fourth-order valence-corrected chi connectivity index (χ4v) is 2.29. The summed E-state index contributed by atoms with van der Waals surface area (Å²) in [6, 6.07) is 2.43. The van der Waals surface area contributed by atoms with Crippen LogP contribution in [-0.2, 0) is 6.42 Å². The van der Waals surface area contributed by atoms with Gasteiger partial charge in [-0.05, 0) is 37.9 Å². The maximum atomic E-state index is 5.31. The molecule has 0 aliphatic carbocycles. The van der Waals surface area contributed by atoms with E-state index in [0.717, 1.165) is 24.1 Å². The smallest absolute Gasteiger partial charge is 0.228 e. The number of rotatable bonds is 3. The van der Waals surface area contributed by atoms with Gasteiger partial charge >= 0.3 is 0 Å². The van der Waals surface area contributed by atoms with Crippen molar-refractivity contribution in [2.24, 2.45) is 0 Å². The van der Waals surface area contributed by atoms with E-state index >= 15 is 0 Å². The van der Waals surface area contributed by atoms with Gasteiger partial charge in [-0.15, -0.1) is 0 Å². The first kappa shape index (κ1) is 11.3. The molecule has 1 aliphatic heterocycles. The SMILES string of the molecule is Cc1ccncc1-c1noc(CC2CCCN2)n1. The molecular weight excluding hydrogens is 228 g/mol. The third-order valence-corrected chi connectivity index (χ3v) is 3.33. The van der Waals surface area contributed by atoms with Gasteiger partial charge in [-0.2, -0.15) is 4.98 Å². The molecule has 1 unspecified atom stereocenters. The topological polar surface area (TPSA) is 63.8 Å². The Morgan fingerprint density at radius 2 is 2.44 bits per heavy atom. The predicted molar refractivity (Wildman–Crippen MR) is 67.0 cm³/mol. The summed E-state index contributed by atoms with van der Waals surface area (Å²) in [5.74, 6) is 1.33. The lowest BCUT2D eigenvalue weighted by Gasteiger charge is -2.04. The highest BCUT2D eigenvalue weighted by Crippen LogP contribution is 2.19. The zero-order chi connectivity index (χ0) is 12.4. The van der Waals surface area contributed by atoms with Crippen LogP contribution in [0.4, 0.5) is 0 Å². The number of aryl methyl sites for hydroxylation is 1. The second-order valence-corrected chi connectivity index (χ2v) is 4.70. The Morgan fingerprint density at radius 3 is 3.22 bits per heavy atom. The van der Waals surface area contributed by atoms with Crippen LogP contribution < -0.4 is 5.32 Å². The Hall–Kier alpha value is -1.75. The fourth-order valence-electron chi connectivity index (χ4n) is 2.29. The van der Waals surface area contributed by atoms with Crippen LogP contribution in [0, 0.1) is 6.92 Å². The van der Waals surface area contributed by atoms with Gasteiger partial charge in [0.05, 0.1) is 0 Å². The van der Waals surface area contributed by atoms with E-state index in [1.54, 1.807) is 12.4 Å². The summed E-state index contributed by atoms with van der Waals surface area (Å²) >= 11 is 0. The van der Waals surface area contributed by atoms with Gasteiger partial charge in [0, 0.05) is 30.4 Å². The molecule has 2 aromatic rings. The van der Waals surface area contributed by atoms with Crippen molar-refractivity contribution in [3.63, 3.8) is 0 Å². The van der Waals surface area contributed by atoms with Crippen molar-refractivity contribution < 1.29 is 4.52 Å². The summed E-state index contributed by atoms with van der Waals surface area (Å²) in [4.78, 5) is 8.55. The van der Waals surface area contributed by atoms with Crippen LogP contribution in [0.3, 0.4) is 0 Å². The first-order valence-corrected chi connectivity index (χ1v) is 6.30. The van der Waals surface area contributed by atoms with E-state index in [1.165, 1.54) is 12.8 Å². The van der Waals surface area contributed by atoms with Crippen molar-refractivity contribution in [1.29, 1.82) is 0 Å². The molecule has 94 valence electrons. The van der Waals surface area contributed by atoms with Crippen LogP contribution in [0.25, 0.3) is 11.4 Å². The van der Waals surface area contributed by atoms with Crippen molar-refractivity contribution >= 4 is 0 Å². The molecule has 2 aromatic heterocycles. The van der Waals surface area contributed by atoms with Crippen LogP contribution in [0.1, 0.15) is 24.3 Å². The zero-order valence-electron chi connectivity index (χ0n) is 10.4. The lowest BCUT2D eigenvalue weighted by atomic mass is 10.1. The minimum atomic E-state index is 0.480. The average Bonchev–Trinajstić information content (AvgIpc) is 3.02. The first-order chi connectivity index (χ1) is 8.83. The Balaban J connectivity index is 1.79. The minimum Gasteiger partial charge on any atom is -0.339 e. The van der Waals surface area contributed by atoms with Crippen molar-refractivity contribution in [3.05, 3.63) is 29.9 Å². The van der Waals surface area contributed by atoms with Gasteiger partial charge < -0.3 is 9.84 Å². The monoisotopic (exact) mass is 244 g/mol. The average molecular weight is 244 g/mol. The molecule has 1 aliphatic rings.